The van der Waals surface area contributed by atoms with Crippen molar-refractivity contribution in [2.45, 2.75) is 19.0 Å². The number of carbonyl (C=O) groups excluding carboxylic acids is 1. The molecule has 0 aliphatic heterocycles. The Labute approximate surface area is 159 Å². The fourth-order valence-corrected chi connectivity index (χ4v) is 3.05. The number of amides is 1. The number of anilines is 1. The quantitative estimate of drug-likeness (QED) is 0.381. The van der Waals surface area contributed by atoms with E-state index in [4.69, 9.17) is 0 Å². The number of hydrogen-bond donors (Lipinski definition) is 2. The first-order valence-electron chi connectivity index (χ1n) is 8.09. The van der Waals surface area contributed by atoms with Crippen LogP contribution in [0, 0.1) is 24.0 Å². The van der Waals surface area contributed by atoms with Crippen LogP contribution in [0.4, 0.5) is 11.4 Å². The van der Waals surface area contributed by atoms with E-state index < -0.39 is 4.92 Å². The summed E-state index contributed by atoms with van der Waals surface area (Å²) in [7, 11) is 0. The van der Waals surface area contributed by atoms with Gasteiger partial charge in [0.15, 0.2) is 5.82 Å². The molecule has 9 heteroatoms. The van der Waals surface area contributed by atoms with Crippen LogP contribution in [-0.4, -0.2) is 31.8 Å². The molecule has 0 radical (unpaired) electrons. The highest BCUT2D eigenvalue weighted by molar-refractivity contribution is 7.99. The molecule has 0 aliphatic rings. The molecule has 0 fully saturated rings. The Kier molecular flexibility index (Phi) is 5.51. The summed E-state index contributed by atoms with van der Waals surface area (Å²) < 4.78 is 0. The lowest BCUT2D eigenvalue weighted by atomic mass is 10.1. The highest BCUT2D eigenvalue weighted by Gasteiger charge is 2.16. The predicted molar refractivity (Wildman–Crippen MR) is 104 cm³/mol. The van der Waals surface area contributed by atoms with Crippen molar-refractivity contribution in [2.24, 2.45) is 0 Å². The lowest BCUT2D eigenvalue weighted by molar-refractivity contribution is -0.384. The van der Waals surface area contributed by atoms with E-state index in [1.807, 2.05) is 31.2 Å². The van der Waals surface area contributed by atoms with E-state index >= 15 is 0 Å². The highest BCUT2D eigenvalue weighted by atomic mass is 32.2. The largest absolute Gasteiger partial charge is 0.320 e. The van der Waals surface area contributed by atoms with Crippen LogP contribution in [0.25, 0.3) is 11.4 Å². The minimum absolute atomic E-state index is 0.0378. The van der Waals surface area contributed by atoms with Crippen molar-refractivity contribution in [1.29, 1.82) is 0 Å². The Morgan fingerprint density at radius 1 is 1.22 bits per heavy atom. The van der Waals surface area contributed by atoms with Crippen LogP contribution in [0.1, 0.15) is 11.1 Å². The van der Waals surface area contributed by atoms with Gasteiger partial charge in [-0.1, -0.05) is 41.6 Å². The topological polar surface area (TPSA) is 114 Å². The highest BCUT2D eigenvalue weighted by Crippen LogP contribution is 2.26. The number of nitro benzene ring substituents is 1. The standard InChI is InChI=1S/C18H17N5O3S/c1-11-4-3-5-13(8-11)17-20-18(22-21-17)27-10-16(24)19-14-7-6-12(2)9-15(14)23(25)26/h3-9H,10H2,1-2H3,(H,19,24)(H,20,21,22). The number of thioether (sulfide) groups is 1. The average molecular weight is 383 g/mol. The average Bonchev–Trinajstić information content (AvgIpc) is 3.10. The number of nitro groups is 1. The summed E-state index contributed by atoms with van der Waals surface area (Å²) in [5.41, 5.74) is 2.81. The zero-order valence-electron chi connectivity index (χ0n) is 14.7. The van der Waals surface area contributed by atoms with Crippen molar-refractivity contribution in [2.75, 3.05) is 11.1 Å². The first-order chi connectivity index (χ1) is 12.9. The number of hydrogen-bond acceptors (Lipinski definition) is 6. The van der Waals surface area contributed by atoms with Crippen molar-refractivity contribution in [3.8, 4) is 11.4 Å². The number of nitrogens with one attached hydrogen (secondary N) is 2. The van der Waals surface area contributed by atoms with Gasteiger partial charge in [0.2, 0.25) is 11.1 Å². The molecule has 0 unspecified atom stereocenters. The number of carbonyl (C=O) groups is 1. The third-order valence-corrected chi connectivity index (χ3v) is 4.56. The van der Waals surface area contributed by atoms with E-state index in [2.05, 4.69) is 20.5 Å². The van der Waals surface area contributed by atoms with Gasteiger partial charge in [-0.2, -0.15) is 0 Å². The molecule has 0 aliphatic carbocycles. The Balaban J connectivity index is 1.63. The van der Waals surface area contributed by atoms with Crippen LogP contribution < -0.4 is 5.32 Å². The first kappa shape index (κ1) is 18.6. The van der Waals surface area contributed by atoms with Gasteiger partial charge in [-0.25, -0.2) is 4.98 Å². The maximum absolute atomic E-state index is 12.1. The van der Waals surface area contributed by atoms with Crippen molar-refractivity contribution >= 4 is 29.0 Å². The van der Waals surface area contributed by atoms with Gasteiger partial charge in [-0.3, -0.25) is 20.0 Å². The van der Waals surface area contributed by atoms with Gasteiger partial charge < -0.3 is 5.32 Å². The molecule has 138 valence electrons. The molecule has 0 saturated heterocycles. The van der Waals surface area contributed by atoms with Crippen LogP contribution in [-0.2, 0) is 4.79 Å². The second-order valence-electron chi connectivity index (χ2n) is 5.95. The SMILES string of the molecule is Cc1cccc(-c2nc(SCC(=O)Nc3ccc(C)cc3[N+](=O)[O-])n[nH]2)c1. The Morgan fingerprint density at radius 3 is 2.74 bits per heavy atom. The molecule has 8 nitrogen and oxygen atoms in total. The van der Waals surface area contributed by atoms with E-state index in [9.17, 15) is 14.9 Å². The van der Waals surface area contributed by atoms with E-state index in [0.717, 1.165) is 28.5 Å². The number of nitrogens with zero attached hydrogens (tertiary/aromatic N) is 3. The molecule has 2 N–H and O–H groups in total. The minimum atomic E-state index is -0.515. The van der Waals surface area contributed by atoms with E-state index in [1.54, 1.807) is 13.0 Å². The molecule has 0 saturated carbocycles. The van der Waals surface area contributed by atoms with Crippen molar-refractivity contribution in [3.05, 3.63) is 63.7 Å². The lowest BCUT2D eigenvalue weighted by Gasteiger charge is -2.05. The van der Waals surface area contributed by atoms with Crippen LogP contribution in [0.15, 0.2) is 47.6 Å². The molecule has 1 amide bonds. The summed E-state index contributed by atoms with van der Waals surface area (Å²) in [5, 5.41) is 21.1. The zero-order valence-corrected chi connectivity index (χ0v) is 15.5. The van der Waals surface area contributed by atoms with Gasteiger partial charge in [0.05, 0.1) is 10.7 Å². The summed E-state index contributed by atoms with van der Waals surface area (Å²) >= 11 is 1.15. The third-order valence-electron chi connectivity index (χ3n) is 3.71. The van der Waals surface area contributed by atoms with Gasteiger partial charge in [-0.15, -0.1) is 5.10 Å². The molecule has 3 aromatic rings. The minimum Gasteiger partial charge on any atom is -0.320 e. The van der Waals surface area contributed by atoms with Gasteiger partial charge in [0.1, 0.15) is 5.69 Å². The van der Waals surface area contributed by atoms with Crippen molar-refractivity contribution < 1.29 is 9.72 Å². The molecule has 0 bridgehead atoms. The van der Waals surface area contributed by atoms with E-state index in [1.165, 1.54) is 12.1 Å². The predicted octanol–water partition coefficient (Wildman–Crippen LogP) is 3.73. The summed E-state index contributed by atoms with van der Waals surface area (Å²) in [5.74, 6) is 0.292. The molecule has 1 heterocycles. The molecular formula is C18H17N5O3S. The molecule has 3 rings (SSSR count). The summed E-state index contributed by atoms with van der Waals surface area (Å²) in [4.78, 5) is 27.1. The lowest BCUT2D eigenvalue weighted by Crippen LogP contribution is -2.15. The smallest absolute Gasteiger partial charge is 0.293 e. The maximum Gasteiger partial charge on any atom is 0.293 e. The number of rotatable bonds is 6. The number of aryl methyl sites for hydroxylation is 2. The fraction of sp³-hybridized carbons (Fsp3) is 0.167. The molecule has 27 heavy (non-hydrogen) atoms. The van der Waals surface area contributed by atoms with Crippen LogP contribution >= 0.6 is 11.8 Å². The normalized spacial score (nSPS) is 10.6. The van der Waals surface area contributed by atoms with Gasteiger partial charge >= 0.3 is 0 Å². The number of H-pyrrole nitrogens is 1. The monoisotopic (exact) mass is 383 g/mol. The van der Waals surface area contributed by atoms with Crippen LogP contribution in [0.3, 0.4) is 0 Å². The Hall–Kier alpha value is -3.20. The van der Waals surface area contributed by atoms with Gasteiger partial charge in [0.25, 0.3) is 5.69 Å². The molecule has 1 aromatic heterocycles. The second kappa shape index (κ2) is 8.00. The number of aromatic nitrogens is 3. The summed E-state index contributed by atoms with van der Waals surface area (Å²) in [6.45, 7) is 3.74. The Bertz CT molecular complexity index is 1000. The molecular weight excluding hydrogens is 366 g/mol. The van der Waals surface area contributed by atoms with Crippen LogP contribution in [0.5, 0.6) is 0 Å². The Morgan fingerprint density at radius 2 is 2.00 bits per heavy atom. The molecule has 2 aromatic carbocycles. The molecule has 0 spiro atoms. The number of benzene rings is 2. The van der Waals surface area contributed by atoms with Gasteiger partial charge in [-0.05, 0) is 31.5 Å². The van der Waals surface area contributed by atoms with Gasteiger partial charge in [0, 0.05) is 11.6 Å². The van der Waals surface area contributed by atoms with E-state index in [-0.39, 0.29) is 23.0 Å². The third kappa shape index (κ3) is 4.70. The fourth-order valence-electron chi connectivity index (χ4n) is 2.45. The van der Waals surface area contributed by atoms with E-state index in [0.29, 0.717) is 11.0 Å². The number of aromatic amines is 1. The first-order valence-corrected chi connectivity index (χ1v) is 9.08. The second-order valence-corrected chi connectivity index (χ2v) is 6.89. The summed E-state index contributed by atoms with van der Waals surface area (Å²) in [6, 6.07) is 12.5. The maximum atomic E-state index is 12.1. The van der Waals surface area contributed by atoms with Crippen LogP contribution in [0.2, 0.25) is 0 Å². The molecule has 0 atom stereocenters. The van der Waals surface area contributed by atoms with Crippen molar-refractivity contribution in [3.63, 3.8) is 0 Å². The summed E-state index contributed by atoms with van der Waals surface area (Å²) in [6.07, 6.45) is 0. The zero-order chi connectivity index (χ0) is 19.4. The van der Waals surface area contributed by atoms with Crippen molar-refractivity contribution in [1.82, 2.24) is 15.2 Å².